The number of aryl methyl sites for hydroxylation is 1. The average molecular weight is 280 g/mol. The molecule has 0 aliphatic carbocycles. The molecule has 0 aliphatic heterocycles. The van der Waals surface area contributed by atoms with Gasteiger partial charge in [0.25, 0.3) is 0 Å². The molecule has 0 fully saturated rings. The molecule has 2 aromatic rings. The first-order chi connectivity index (χ1) is 9.11. The van der Waals surface area contributed by atoms with Crippen LogP contribution in [-0.2, 0) is 13.1 Å². The van der Waals surface area contributed by atoms with Crippen LogP contribution in [0.2, 0.25) is 5.02 Å². The predicted octanol–water partition coefficient (Wildman–Crippen LogP) is 2.87. The highest BCUT2D eigenvalue weighted by molar-refractivity contribution is 6.33. The molecule has 5 nitrogen and oxygen atoms in total. The van der Waals surface area contributed by atoms with E-state index in [-0.39, 0.29) is 10.6 Å². The van der Waals surface area contributed by atoms with Crippen molar-refractivity contribution in [3.05, 3.63) is 46.7 Å². The van der Waals surface area contributed by atoms with Gasteiger partial charge < -0.3 is 10.4 Å². The zero-order chi connectivity index (χ0) is 13.8. The number of aromatic carboxylic acids is 1. The molecule has 0 spiro atoms. The number of rotatable bonds is 5. The number of benzene rings is 1. The van der Waals surface area contributed by atoms with E-state index in [1.807, 2.05) is 17.7 Å². The SMILES string of the molecule is CCn1nccc1CNc1ccc(Cl)c(C(=O)O)c1. The predicted molar refractivity (Wildman–Crippen MR) is 73.6 cm³/mol. The van der Waals surface area contributed by atoms with Crippen molar-refractivity contribution in [3.63, 3.8) is 0 Å². The van der Waals surface area contributed by atoms with Crippen molar-refractivity contribution in [2.24, 2.45) is 0 Å². The van der Waals surface area contributed by atoms with Crippen molar-refractivity contribution >= 4 is 23.3 Å². The second kappa shape index (κ2) is 5.75. The second-order valence-electron chi connectivity index (χ2n) is 3.99. The summed E-state index contributed by atoms with van der Waals surface area (Å²) in [4.78, 5) is 11.0. The standard InChI is InChI=1S/C13H14ClN3O2/c1-2-17-10(5-6-16-17)8-15-9-3-4-12(14)11(7-9)13(18)19/h3-7,15H,2,8H2,1H3,(H,18,19). The fourth-order valence-corrected chi connectivity index (χ4v) is 1.99. The maximum Gasteiger partial charge on any atom is 0.337 e. The van der Waals surface area contributed by atoms with E-state index in [0.717, 1.165) is 12.2 Å². The Kier molecular flexibility index (Phi) is 4.06. The third-order valence-corrected chi connectivity index (χ3v) is 3.10. The van der Waals surface area contributed by atoms with Crippen LogP contribution in [0.15, 0.2) is 30.5 Å². The molecule has 6 heteroatoms. The monoisotopic (exact) mass is 279 g/mol. The number of carbonyl (C=O) groups is 1. The van der Waals surface area contributed by atoms with Crippen molar-refractivity contribution in [1.82, 2.24) is 9.78 Å². The molecule has 0 aliphatic rings. The summed E-state index contributed by atoms with van der Waals surface area (Å²) in [5.41, 5.74) is 1.84. The van der Waals surface area contributed by atoms with E-state index in [9.17, 15) is 4.79 Å². The van der Waals surface area contributed by atoms with Gasteiger partial charge in [0.05, 0.1) is 22.8 Å². The fourth-order valence-electron chi connectivity index (χ4n) is 1.79. The summed E-state index contributed by atoms with van der Waals surface area (Å²) < 4.78 is 1.88. The molecule has 1 aromatic heterocycles. The maximum atomic E-state index is 11.0. The highest BCUT2D eigenvalue weighted by Gasteiger charge is 2.09. The molecule has 1 aromatic carbocycles. The third-order valence-electron chi connectivity index (χ3n) is 2.77. The lowest BCUT2D eigenvalue weighted by Gasteiger charge is -2.09. The summed E-state index contributed by atoms with van der Waals surface area (Å²) in [5.74, 6) is -1.03. The van der Waals surface area contributed by atoms with Gasteiger partial charge in [0, 0.05) is 18.4 Å². The minimum Gasteiger partial charge on any atom is -0.478 e. The lowest BCUT2D eigenvalue weighted by molar-refractivity contribution is 0.0697. The highest BCUT2D eigenvalue weighted by Crippen LogP contribution is 2.21. The Morgan fingerprint density at radius 3 is 2.95 bits per heavy atom. The molecule has 0 saturated carbocycles. The minimum atomic E-state index is -1.03. The zero-order valence-corrected chi connectivity index (χ0v) is 11.2. The third kappa shape index (κ3) is 3.06. The van der Waals surface area contributed by atoms with Crippen LogP contribution in [0.3, 0.4) is 0 Å². The van der Waals surface area contributed by atoms with E-state index in [1.54, 1.807) is 18.3 Å². The van der Waals surface area contributed by atoms with Gasteiger partial charge in [-0.05, 0) is 31.2 Å². The van der Waals surface area contributed by atoms with Crippen LogP contribution in [0, 0.1) is 0 Å². The lowest BCUT2D eigenvalue weighted by atomic mass is 10.2. The maximum absolute atomic E-state index is 11.0. The van der Waals surface area contributed by atoms with Gasteiger partial charge in [-0.1, -0.05) is 11.6 Å². The number of hydrogen-bond donors (Lipinski definition) is 2. The number of hydrogen-bond acceptors (Lipinski definition) is 3. The molecule has 100 valence electrons. The van der Waals surface area contributed by atoms with E-state index in [4.69, 9.17) is 16.7 Å². The number of anilines is 1. The Morgan fingerprint density at radius 2 is 2.26 bits per heavy atom. The van der Waals surface area contributed by atoms with Crippen LogP contribution in [0.5, 0.6) is 0 Å². The topological polar surface area (TPSA) is 67.2 Å². The van der Waals surface area contributed by atoms with Gasteiger partial charge in [-0.2, -0.15) is 5.10 Å². The van der Waals surface area contributed by atoms with Gasteiger partial charge in [0.1, 0.15) is 0 Å². The van der Waals surface area contributed by atoms with Crippen molar-refractivity contribution < 1.29 is 9.90 Å². The molecule has 0 amide bonds. The van der Waals surface area contributed by atoms with E-state index < -0.39 is 5.97 Å². The lowest BCUT2D eigenvalue weighted by Crippen LogP contribution is -2.08. The van der Waals surface area contributed by atoms with Crippen LogP contribution >= 0.6 is 11.6 Å². The fraction of sp³-hybridized carbons (Fsp3) is 0.231. The summed E-state index contributed by atoms with van der Waals surface area (Å²) in [7, 11) is 0. The Morgan fingerprint density at radius 1 is 1.47 bits per heavy atom. The number of halogens is 1. The van der Waals surface area contributed by atoms with Crippen LogP contribution in [0.4, 0.5) is 5.69 Å². The molecule has 0 atom stereocenters. The van der Waals surface area contributed by atoms with Gasteiger partial charge in [-0.15, -0.1) is 0 Å². The van der Waals surface area contributed by atoms with Gasteiger partial charge in [0.2, 0.25) is 0 Å². The summed E-state index contributed by atoms with van der Waals surface area (Å²) in [6.45, 7) is 3.39. The Bertz CT molecular complexity index is 595. The first-order valence-corrected chi connectivity index (χ1v) is 6.27. The number of nitrogens with one attached hydrogen (secondary N) is 1. The number of aromatic nitrogens is 2. The summed E-state index contributed by atoms with van der Waals surface area (Å²) in [5, 5.41) is 16.6. The molecule has 0 unspecified atom stereocenters. The van der Waals surface area contributed by atoms with Gasteiger partial charge in [-0.25, -0.2) is 4.79 Å². The largest absolute Gasteiger partial charge is 0.478 e. The average Bonchev–Trinajstić information content (AvgIpc) is 2.84. The Labute approximate surface area is 115 Å². The van der Waals surface area contributed by atoms with E-state index in [1.165, 1.54) is 6.07 Å². The number of carboxylic acid groups (broad SMARTS) is 1. The zero-order valence-electron chi connectivity index (χ0n) is 10.4. The van der Waals surface area contributed by atoms with E-state index in [2.05, 4.69) is 10.4 Å². The molecule has 0 radical (unpaired) electrons. The van der Waals surface area contributed by atoms with E-state index in [0.29, 0.717) is 12.2 Å². The second-order valence-corrected chi connectivity index (χ2v) is 4.40. The quantitative estimate of drug-likeness (QED) is 0.883. The van der Waals surface area contributed by atoms with Gasteiger partial charge >= 0.3 is 5.97 Å². The summed E-state index contributed by atoms with van der Waals surface area (Å²) in [6.07, 6.45) is 1.74. The smallest absolute Gasteiger partial charge is 0.337 e. The summed E-state index contributed by atoms with van der Waals surface area (Å²) in [6, 6.07) is 6.77. The van der Waals surface area contributed by atoms with Gasteiger partial charge in [0.15, 0.2) is 0 Å². The molecule has 2 rings (SSSR count). The number of nitrogens with zero attached hydrogens (tertiary/aromatic N) is 2. The van der Waals surface area contributed by atoms with Crippen LogP contribution in [0.25, 0.3) is 0 Å². The van der Waals surface area contributed by atoms with Crippen molar-refractivity contribution in [2.45, 2.75) is 20.0 Å². The molecule has 0 saturated heterocycles. The molecular formula is C13H14ClN3O2. The molecule has 19 heavy (non-hydrogen) atoms. The van der Waals surface area contributed by atoms with Crippen LogP contribution in [0.1, 0.15) is 23.0 Å². The van der Waals surface area contributed by atoms with E-state index >= 15 is 0 Å². The van der Waals surface area contributed by atoms with Crippen LogP contribution in [-0.4, -0.2) is 20.9 Å². The highest BCUT2D eigenvalue weighted by atomic mass is 35.5. The molecule has 2 N–H and O–H groups in total. The van der Waals surface area contributed by atoms with Gasteiger partial charge in [-0.3, -0.25) is 4.68 Å². The Hall–Kier alpha value is -2.01. The van der Waals surface area contributed by atoms with Crippen molar-refractivity contribution in [2.75, 3.05) is 5.32 Å². The normalized spacial score (nSPS) is 10.4. The summed E-state index contributed by atoms with van der Waals surface area (Å²) >= 11 is 5.82. The minimum absolute atomic E-state index is 0.0932. The number of carboxylic acids is 1. The first kappa shape index (κ1) is 13.4. The van der Waals surface area contributed by atoms with Crippen molar-refractivity contribution in [1.29, 1.82) is 0 Å². The molecule has 0 bridgehead atoms. The molecular weight excluding hydrogens is 266 g/mol. The van der Waals surface area contributed by atoms with Crippen molar-refractivity contribution in [3.8, 4) is 0 Å². The Balaban J connectivity index is 2.12. The molecule has 1 heterocycles. The first-order valence-electron chi connectivity index (χ1n) is 5.89. The van der Waals surface area contributed by atoms with Crippen LogP contribution < -0.4 is 5.32 Å².